The van der Waals surface area contributed by atoms with E-state index in [1.807, 2.05) is 66.7 Å². The fourth-order valence-electron chi connectivity index (χ4n) is 3.83. The highest BCUT2D eigenvalue weighted by Crippen LogP contribution is 2.43. The van der Waals surface area contributed by atoms with Gasteiger partial charge in [0.05, 0.1) is 11.7 Å². The Labute approximate surface area is 155 Å². The number of hydrogen-bond acceptors (Lipinski definition) is 3. The van der Waals surface area contributed by atoms with Crippen molar-refractivity contribution in [3.05, 3.63) is 101 Å². The molecule has 0 saturated heterocycles. The van der Waals surface area contributed by atoms with Crippen molar-refractivity contribution in [2.24, 2.45) is 0 Å². The molecule has 3 aromatic carbocycles. The van der Waals surface area contributed by atoms with Gasteiger partial charge in [-0.1, -0.05) is 54.6 Å². The summed E-state index contributed by atoms with van der Waals surface area (Å²) in [6.45, 7) is 0.314. The molecule has 1 amide bonds. The lowest BCUT2D eigenvalue weighted by Gasteiger charge is -2.35. The Hall–Kier alpha value is -3.44. The van der Waals surface area contributed by atoms with Gasteiger partial charge < -0.3 is 5.11 Å². The van der Waals surface area contributed by atoms with E-state index >= 15 is 0 Å². The standard InChI is InChI=1S/C22H17N3O2/c26-21-18-8-4-5-9-19(18)22(27,25(21)14-15-6-2-1-3-7-15)17-10-11-20-16(12-17)13-23-24-20/h1-13,27H,14H2,(H,23,24). The number of hydrogen-bond donors (Lipinski definition) is 2. The fraction of sp³-hybridized carbons (Fsp3) is 0.0909. The first kappa shape index (κ1) is 15.8. The monoisotopic (exact) mass is 355 g/mol. The first-order chi connectivity index (χ1) is 13.2. The molecule has 27 heavy (non-hydrogen) atoms. The lowest BCUT2D eigenvalue weighted by molar-refractivity contribution is -0.0542. The van der Waals surface area contributed by atoms with Crippen LogP contribution in [0.2, 0.25) is 0 Å². The molecule has 1 unspecified atom stereocenters. The Morgan fingerprint density at radius 2 is 1.78 bits per heavy atom. The molecule has 1 aliphatic heterocycles. The summed E-state index contributed by atoms with van der Waals surface area (Å²) in [5.74, 6) is -0.177. The number of carbonyl (C=O) groups is 1. The van der Waals surface area contributed by atoms with Gasteiger partial charge in [0.25, 0.3) is 5.91 Å². The molecule has 0 bridgehead atoms. The molecular weight excluding hydrogens is 338 g/mol. The molecule has 2 N–H and O–H groups in total. The summed E-state index contributed by atoms with van der Waals surface area (Å²) in [5.41, 5.74) is 2.09. The zero-order valence-corrected chi connectivity index (χ0v) is 14.5. The van der Waals surface area contributed by atoms with Crippen molar-refractivity contribution in [3.63, 3.8) is 0 Å². The first-order valence-electron chi connectivity index (χ1n) is 8.79. The smallest absolute Gasteiger partial charge is 0.257 e. The number of aliphatic hydroxyl groups is 1. The van der Waals surface area contributed by atoms with Crippen LogP contribution in [-0.4, -0.2) is 26.1 Å². The number of benzene rings is 3. The summed E-state index contributed by atoms with van der Waals surface area (Å²) in [6.07, 6.45) is 1.71. The second-order valence-electron chi connectivity index (χ2n) is 6.77. The van der Waals surface area contributed by atoms with Crippen LogP contribution >= 0.6 is 0 Å². The topological polar surface area (TPSA) is 69.2 Å². The first-order valence-corrected chi connectivity index (χ1v) is 8.79. The van der Waals surface area contributed by atoms with Crippen molar-refractivity contribution in [2.75, 3.05) is 0 Å². The molecule has 0 saturated carbocycles. The van der Waals surface area contributed by atoms with Crippen molar-refractivity contribution in [2.45, 2.75) is 12.3 Å². The number of nitrogens with one attached hydrogen (secondary N) is 1. The Bertz CT molecular complexity index is 1150. The van der Waals surface area contributed by atoms with Gasteiger partial charge in [-0.05, 0) is 23.8 Å². The molecule has 1 atom stereocenters. The summed E-state index contributed by atoms with van der Waals surface area (Å²) in [7, 11) is 0. The van der Waals surface area contributed by atoms with E-state index in [2.05, 4.69) is 10.2 Å². The van der Waals surface area contributed by atoms with Crippen molar-refractivity contribution < 1.29 is 9.90 Å². The fourth-order valence-corrected chi connectivity index (χ4v) is 3.83. The molecule has 5 heteroatoms. The lowest BCUT2D eigenvalue weighted by Crippen LogP contribution is -2.44. The molecule has 0 spiro atoms. The summed E-state index contributed by atoms with van der Waals surface area (Å²) in [4.78, 5) is 14.7. The summed E-state index contributed by atoms with van der Waals surface area (Å²) >= 11 is 0. The van der Waals surface area contributed by atoms with Crippen LogP contribution < -0.4 is 0 Å². The van der Waals surface area contributed by atoms with Gasteiger partial charge in [0.15, 0.2) is 5.72 Å². The van der Waals surface area contributed by atoms with Crippen LogP contribution in [0.5, 0.6) is 0 Å². The number of amides is 1. The largest absolute Gasteiger partial charge is 0.363 e. The number of carbonyl (C=O) groups excluding carboxylic acids is 1. The number of nitrogens with zero attached hydrogens (tertiary/aromatic N) is 2. The summed E-state index contributed by atoms with van der Waals surface area (Å²) in [5, 5.41) is 19.7. The third kappa shape index (κ3) is 2.29. The zero-order valence-electron chi connectivity index (χ0n) is 14.5. The Morgan fingerprint density at radius 1 is 1.00 bits per heavy atom. The predicted molar refractivity (Wildman–Crippen MR) is 102 cm³/mol. The number of H-pyrrole nitrogens is 1. The minimum absolute atomic E-state index is 0.177. The maximum Gasteiger partial charge on any atom is 0.257 e. The molecule has 4 aromatic rings. The normalized spacial score (nSPS) is 18.9. The number of aromatic nitrogens is 2. The van der Waals surface area contributed by atoms with Gasteiger partial charge in [-0.3, -0.25) is 14.8 Å². The van der Waals surface area contributed by atoms with Gasteiger partial charge in [0, 0.05) is 28.6 Å². The van der Waals surface area contributed by atoms with E-state index in [0.29, 0.717) is 23.2 Å². The quantitative estimate of drug-likeness (QED) is 0.592. The molecule has 1 aliphatic rings. The number of rotatable bonds is 3. The van der Waals surface area contributed by atoms with Gasteiger partial charge >= 0.3 is 0 Å². The second-order valence-corrected chi connectivity index (χ2v) is 6.77. The number of aromatic amines is 1. The molecule has 5 rings (SSSR count). The molecular formula is C22H17N3O2. The van der Waals surface area contributed by atoms with Gasteiger partial charge in [-0.2, -0.15) is 5.10 Å². The average molecular weight is 355 g/mol. The zero-order chi connectivity index (χ0) is 18.4. The Balaban J connectivity index is 1.70. The lowest BCUT2D eigenvalue weighted by atomic mass is 9.93. The molecule has 0 fully saturated rings. The second kappa shape index (κ2) is 5.79. The van der Waals surface area contributed by atoms with E-state index in [4.69, 9.17) is 0 Å². The average Bonchev–Trinajstić information content (AvgIpc) is 3.27. The molecule has 5 nitrogen and oxygen atoms in total. The highest BCUT2D eigenvalue weighted by atomic mass is 16.3. The third-order valence-electron chi connectivity index (χ3n) is 5.20. The van der Waals surface area contributed by atoms with Crippen LogP contribution in [0.1, 0.15) is 27.0 Å². The van der Waals surface area contributed by atoms with Gasteiger partial charge in [-0.15, -0.1) is 0 Å². The van der Waals surface area contributed by atoms with Gasteiger partial charge in [0.2, 0.25) is 0 Å². The van der Waals surface area contributed by atoms with Crippen molar-refractivity contribution in [1.82, 2.24) is 15.1 Å². The summed E-state index contributed by atoms with van der Waals surface area (Å²) in [6, 6.07) is 22.6. The molecule has 132 valence electrons. The van der Waals surface area contributed by atoms with E-state index < -0.39 is 5.72 Å². The Kier molecular flexibility index (Phi) is 3.39. The predicted octanol–water partition coefficient (Wildman–Crippen LogP) is 3.41. The summed E-state index contributed by atoms with van der Waals surface area (Å²) < 4.78 is 0. The highest BCUT2D eigenvalue weighted by Gasteiger charge is 2.49. The van der Waals surface area contributed by atoms with E-state index in [1.165, 1.54) is 4.90 Å². The minimum Gasteiger partial charge on any atom is -0.363 e. The maximum absolute atomic E-state index is 13.2. The highest BCUT2D eigenvalue weighted by molar-refractivity contribution is 6.00. The van der Waals surface area contributed by atoms with Crippen molar-refractivity contribution >= 4 is 16.8 Å². The van der Waals surface area contributed by atoms with Crippen molar-refractivity contribution in [3.8, 4) is 0 Å². The van der Waals surface area contributed by atoms with E-state index in [9.17, 15) is 9.90 Å². The number of fused-ring (bicyclic) bond motifs is 2. The van der Waals surface area contributed by atoms with Crippen LogP contribution in [0, 0.1) is 0 Å². The minimum atomic E-state index is -1.53. The molecule has 1 aromatic heterocycles. The van der Waals surface area contributed by atoms with Crippen LogP contribution in [0.15, 0.2) is 79.0 Å². The van der Waals surface area contributed by atoms with E-state index in [1.54, 1.807) is 12.3 Å². The van der Waals surface area contributed by atoms with Crippen LogP contribution in [0.25, 0.3) is 10.9 Å². The molecule has 2 heterocycles. The van der Waals surface area contributed by atoms with Crippen molar-refractivity contribution in [1.29, 1.82) is 0 Å². The Morgan fingerprint density at radius 3 is 2.63 bits per heavy atom. The van der Waals surface area contributed by atoms with E-state index in [0.717, 1.165) is 16.5 Å². The maximum atomic E-state index is 13.2. The SMILES string of the molecule is O=C1c2ccccc2C(O)(c2ccc3[nH]ncc3c2)N1Cc1ccccc1. The van der Waals surface area contributed by atoms with Crippen LogP contribution in [0.4, 0.5) is 0 Å². The van der Waals surface area contributed by atoms with Crippen LogP contribution in [0.3, 0.4) is 0 Å². The van der Waals surface area contributed by atoms with Crippen LogP contribution in [-0.2, 0) is 12.3 Å². The third-order valence-corrected chi connectivity index (χ3v) is 5.20. The van der Waals surface area contributed by atoms with Gasteiger partial charge in [-0.25, -0.2) is 0 Å². The van der Waals surface area contributed by atoms with Gasteiger partial charge in [0.1, 0.15) is 0 Å². The molecule has 0 aliphatic carbocycles. The molecule has 0 radical (unpaired) electrons. The van der Waals surface area contributed by atoms with E-state index in [-0.39, 0.29) is 5.91 Å².